The average molecular weight is 333 g/mol. The molecule has 6 heteroatoms. The smallest absolute Gasteiger partial charge is 0.224 e. The summed E-state index contributed by atoms with van der Waals surface area (Å²) in [5, 5.41) is 32.5. The Labute approximate surface area is 147 Å². The van der Waals surface area contributed by atoms with Crippen molar-refractivity contribution < 1.29 is 4.79 Å². The van der Waals surface area contributed by atoms with E-state index in [0.29, 0.717) is 18.2 Å². The highest BCUT2D eigenvalue weighted by Crippen LogP contribution is 2.18. The average Bonchev–Trinajstić information content (AvgIpc) is 2.64. The van der Waals surface area contributed by atoms with Gasteiger partial charge in [0.15, 0.2) is 5.57 Å². The molecule has 1 fully saturated rings. The molecular weight excluding hydrogens is 314 g/mol. The van der Waals surface area contributed by atoms with E-state index in [2.05, 4.69) is 10.6 Å². The molecule has 0 radical (unpaired) electrons. The van der Waals surface area contributed by atoms with Crippen molar-refractivity contribution in [3.63, 3.8) is 0 Å². The Morgan fingerprint density at radius 3 is 2.20 bits per heavy atom. The zero-order chi connectivity index (χ0) is 18.1. The Kier molecular flexibility index (Phi) is 6.57. The van der Waals surface area contributed by atoms with Gasteiger partial charge in [0.2, 0.25) is 5.91 Å². The van der Waals surface area contributed by atoms with Crippen LogP contribution in [0.3, 0.4) is 0 Å². The minimum atomic E-state index is -0.265. The third kappa shape index (κ3) is 5.37. The Morgan fingerprint density at radius 1 is 1.00 bits per heavy atom. The van der Waals surface area contributed by atoms with E-state index < -0.39 is 0 Å². The van der Waals surface area contributed by atoms with E-state index in [1.165, 1.54) is 19.3 Å². The first-order valence-corrected chi connectivity index (χ1v) is 8.26. The highest BCUT2D eigenvalue weighted by Gasteiger charge is 2.15. The minimum absolute atomic E-state index is 0.0152. The molecule has 126 valence electrons. The molecule has 1 aliphatic rings. The molecule has 1 aromatic carbocycles. The van der Waals surface area contributed by atoms with E-state index in [4.69, 9.17) is 15.8 Å². The van der Waals surface area contributed by atoms with Crippen molar-refractivity contribution in [3.05, 3.63) is 41.1 Å². The molecule has 1 aliphatic carbocycles. The van der Waals surface area contributed by atoms with Gasteiger partial charge in [-0.1, -0.05) is 31.4 Å². The van der Waals surface area contributed by atoms with Crippen molar-refractivity contribution >= 4 is 11.6 Å². The van der Waals surface area contributed by atoms with E-state index in [1.807, 2.05) is 0 Å². The zero-order valence-electron chi connectivity index (χ0n) is 13.9. The number of carbonyl (C=O) groups excluding carboxylic acids is 1. The molecule has 0 unspecified atom stereocenters. The van der Waals surface area contributed by atoms with Crippen LogP contribution in [0.1, 0.15) is 37.7 Å². The number of hydrogen-bond donors (Lipinski definition) is 2. The maximum Gasteiger partial charge on any atom is 0.224 e. The summed E-state index contributed by atoms with van der Waals surface area (Å²) >= 11 is 0. The van der Waals surface area contributed by atoms with Gasteiger partial charge in [-0.3, -0.25) is 4.79 Å². The van der Waals surface area contributed by atoms with Gasteiger partial charge in [0.05, 0.1) is 6.42 Å². The molecule has 0 saturated heterocycles. The van der Waals surface area contributed by atoms with Gasteiger partial charge < -0.3 is 10.6 Å². The van der Waals surface area contributed by atoms with Crippen LogP contribution in [0.4, 0.5) is 5.69 Å². The van der Waals surface area contributed by atoms with Crippen molar-refractivity contribution in [2.24, 2.45) is 0 Å². The van der Waals surface area contributed by atoms with E-state index in [1.54, 1.807) is 42.5 Å². The quantitative estimate of drug-likeness (QED) is 0.804. The fraction of sp³-hybridized carbons (Fsp3) is 0.368. The lowest BCUT2D eigenvalue weighted by Crippen LogP contribution is -2.37. The predicted molar refractivity (Wildman–Crippen MR) is 92.6 cm³/mol. The lowest BCUT2D eigenvalue weighted by Gasteiger charge is -2.22. The first-order chi connectivity index (χ1) is 12.2. The Balaban J connectivity index is 1.94. The number of nitrogens with one attached hydrogen (secondary N) is 2. The molecule has 2 N–H and O–H groups in total. The van der Waals surface area contributed by atoms with Crippen LogP contribution in [-0.2, 0) is 11.2 Å². The molecular formula is C19H19N5O. The second-order valence-corrected chi connectivity index (χ2v) is 5.99. The molecule has 2 rings (SSSR count). The zero-order valence-corrected chi connectivity index (χ0v) is 13.9. The summed E-state index contributed by atoms with van der Waals surface area (Å²) in [6, 6.07) is 12.5. The maximum absolute atomic E-state index is 12.1. The first kappa shape index (κ1) is 18.0. The Bertz CT molecular complexity index is 752. The van der Waals surface area contributed by atoms with Crippen LogP contribution in [0.5, 0.6) is 0 Å². The molecule has 0 bridgehead atoms. The molecule has 0 aromatic heterocycles. The van der Waals surface area contributed by atoms with Crippen LogP contribution >= 0.6 is 0 Å². The van der Waals surface area contributed by atoms with Crippen LogP contribution in [0, 0.1) is 34.0 Å². The van der Waals surface area contributed by atoms with Gasteiger partial charge >= 0.3 is 0 Å². The van der Waals surface area contributed by atoms with Crippen LogP contribution in [0.2, 0.25) is 0 Å². The summed E-state index contributed by atoms with van der Waals surface area (Å²) in [4.78, 5) is 12.1. The van der Waals surface area contributed by atoms with E-state index in [9.17, 15) is 4.79 Å². The maximum atomic E-state index is 12.1. The summed E-state index contributed by atoms with van der Waals surface area (Å²) in [5.41, 5.74) is 1.09. The number of nitrogens with zero attached hydrogens (tertiary/aromatic N) is 3. The molecule has 1 aromatic rings. The molecule has 0 aliphatic heterocycles. The second-order valence-electron chi connectivity index (χ2n) is 5.99. The van der Waals surface area contributed by atoms with Crippen molar-refractivity contribution in [1.82, 2.24) is 5.32 Å². The van der Waals surface area contributed by atoms with Gasteiger partial charge in [-0.05, 0) is 30.5 Å². The van der Waals surface area contributed by atoms with Crippen molar-refractivity contribution in [2.45, 2.75) is 44.6 Å². The predicted octanol–water partition coefficient (Wildman–Crippen LogP) is 2.91. The van der Waals surface area contributed by atoms with Gasteiger partial charge in [-0.25, -0.2) is 0 Å². The monoisotopic (exact) mass is 333 g/mol. The van der Waals surface area contributed by atoms with Crippen LogP contribution < -0.4 is 10.6 Å². The number of anilines is 1. The number of carbonyl (C=O) groups is 1. The van der Waals surface area contributed by atoms with Crippen LogP contribution in [-0.4, -0.2) is 11.9 Å². The third-order valence-corrected chi connectivity index (χ3v) is 4.14. The number of nitriles is 3. The molecule has 6 nitrogen and oxygen atoms in total. The topological polar surface area (TPSA) is 112 Å². The molecule has 25 heavy (non-hydrogen) atoms. The van der Waals surface area contributed by atoms with Gasteiger partial charge in [0.1, 0.15) is 23.9 Å². The summed E-state index contributed by atoms with van der Waals surface area (Å²) in [6.07, 6.45) is 6.01. The molecule has 1 saturated carbocycles. The first-order valence-electron chi connectivity index (χ1n) is 8.26. The fourth-order valence-electron chi connectivity index (χ4n) is 2.84. The third-order valence-electron chi connectivity index (χ3n) is 4.14. The van der Waals surface area contributed by atoms with Gasteiger partial charge in [0, 0.05) is 11.7 Å². The normalized spacial score (nSPS) is 13.6. The van der Waals surface area contributed by atoms with E-state index in [-0.39, 0.29) is 17.2 Å². The molecule has 1 amide bonds. The SMILES string of the molecule is N#CC(C#N)=C(C#N)Nc1ccc(CC(=O)NC2CCCCC2)cc1. The number of rotatable bonds is 5. The van der Waals surface area contributed by atoms with Crippen LogP contribution in [0.15, 0.2) is 35.5 Å². The lowest BCUT2D eigenvalue weighted by atomic mass is 9.95. The molecule has 0 spiro atoms. The Hall–Kier alpha value is -3.30. The van der Waals surface area contributed by atoms with Gasteiger partial charge in [-0.15, -0.1) is 0 Å². The standard InChI is InChI=1S/C19H19N5O/c20-11-15(12-21)18(13-22)23-17-8-6-14(7-9-17)10-19(25)24-16-4-2-1-3-5-16/h6-9,16,23H,1-5,10H2,(H,24,25). The lowest BCUT2D eigenvalue weighted by molar-refractivity contribution is -0.121. The summed E-state index contributed by atoms with van der Waals surface area (Å²) in [7, 11) is 0. The largest absolute Gasteiger partial charge is 0.353 e. The van der Waals surface area contributed by atoms with Crippen molar-refractivity contribution in [3.8, 4) is 18.2 Å². The number of amides is 1. The number of benzene rings is 1. The summed E-state index contributed by atoms with van der Waals surface area (Å²) < 4.78 is 0. The van der Waals surface area contributed by atoms with Gasteiger partial charge in [0.25, 0.3) is 0 Å². The van der Waals surface area contributed by atoms with Crippen LogP contribution in [0.25, 0.3) is 0 Å². The second kappa shape index (κ2) is 9.11. The highest BCUT2D eigenvalue weighted by atomic mass is 16.1. The number of allylic oxidation sites excluding steroid dienone is 2. The highest BCUT2D eigenvalue weighted by molar-refractivity contribution is 5.79. The summed E-state index contributed by atoms with van der Waals surface area (Å²) in [5.74, 6) is 0.0152. The van der Waals surface area contributed by atoms with E-state index in [0.717, 1.165) is 18.4 Å². The minimum Gasteiger partial charge on any atom is -0.353 e. The Morgan fingerprint density at radius 2 is 1.64 bits per heavy atom. The van der Waals surface area contributed by atoms with Crippen molar-refractivity contribution in [2.75, 3.05) is 5.32 Å². The molecule has 0 atom stereocenters. The molecule has 0 heterocycles. The van der Waals surface area contributed by atoms with E-state index >= 15 is 0 Å². The van der Waals surface area contributed by atoms with Gasteiger partial charge in [-0.2, -0.15) is 15.8 Å². The fourth-order valence-corrected chi connectivity index (χ4v) is 2.84. The number of hydrogen-bond acceptors (Lipinski definition) is 5. The summed E-state index contributed by atoms with van der Waals surface area (Å²) in [6.45, 7) is 0. The van der Waals surface area contributed by atoms with Crippen molar-refractivity contribution in [1.29, 1.82) is 15.8 Å².